The number of nitrogens with two attached hydrogens (primary N) is 1. The Labute approximate surface area is 92.3 Å². The summed E-state index contributed by atoms with van der Waals surface area (Å²) >= 11 is 0. The van der Waals surface area contributed by atoms with Gasteiger partial charge >= 0.3 is 0 Å². The van der Waals surface area contributed by atoms with Gasteiger partial charge in [0.05, 0.1) is 0 Å². The summed E-state index contributed by atoms with van der Waals surface area (Å²) < 4.78 is 0. The number of hydrogen-bond donors (Lipinski definition) is 1. The van der Waals surface area contributed by atoms with Crippen molar-refractivity contribution in [2.24, 2.45) is 5.73 Å². The zero-order valence-corrected chi connectivity index (χ0v) is 9.69. The van der Waals surface area contributed by atoms with Crippen LogP contribution in [-0.2, 0) is 6.42 Å². The van der Waals surface area contributed by atoms with E-state index in [0.717, 1.165) is 25.9 Å². The highest BCUT2D eigenvalue weighted by Crippen LogP contribution is 1.99. The minimum atomic E-state index is 0.297. The second kappa shape index (κ2) is 6.53. The Bertz CT molecular complexity index is 259. The number of likely N-dealkylation sites (N-methyl/N-ethyl adjacent to an activating group) is 1. The van der Waals surface area contributed by atoms with Crippen LogP contribution in [-0.4, -0.2) is 36.1 Å². The van der Waals surface area contributed by atoms with Gasteiger partial charge in [0, 0.05) is 25.0 Å². The van der Waals surface area contributed by atoms with Crippen molar-refractivity contribution in [2.45, 2.75) is 25.8 Å². The minimum absolute atomic E-state index is 0.297. The highest BCUT2D eigenvalue weighted by Gasteiger charge is 2.01. The summed E-state index contributed by atoms with van der Waals surface area (Å²) in [6.45, 7) is 4.19. The molecule has 3 heteroatoms. The van der Waals surface area contributed by atoms with Crippen molar-refractivity contribution in [1.82, 2.24) is 9.88 Å². The van der Waals surface area contributed by atoms with E-state index in [2.05, 4.69) is 29.9 Å². The monoisotopic (exact) mass is 207 g/mol. The van der Waals surface area contributed by atoms with Crippen LogP contribution in [0.25, 0.3) is 0 Å². The molecule has 1 aromatic rings. The van der Waals surface area contributed by atoms with E-state index in [9.17, 15) is 0 Å². The molecule has 0 saturated carbocycles. The molecule has 0 aromatic carbocycles. The Morgan fingerprint density at radius 2 is 2.27 bits per heavy atom. The van der Waals surface area contributed by atoms with E-state index in [4.69, 9.17) is 5.73 Å². The maximum absolute atomic E-state index is 5.71. The van der Waals surface area contributed by atoms with Gasteiger partial charge < -0.3 is 10.6 Å². The van der Waals surface area contributed by atoms with Crippen molar-refractivity contribution in [2.75, 3.05) is 20.1 Å². The first-order chi connectivity index (χ1) is 7.18. The van der Waals surface area contributed by atoms with Gasteiger partial charge in [-0.15, -0.1) is 0 Å². The van der Waals surface area contributed by atoms with E-state index in [1.165, 1.54) is 5.56 Å². The molecule has 0 bridgehead atoms. The summed E-state index contributed by atoms with van der Waals surface area (Å²) in [6, 6.07) is 4.40. The molecule has 1 aromatic heterocycles. The first-order valence-corrected chi connectivity index (χ1v) is 5.51. The van der Waals surface area contributed by atoms with Crippen molar-refractivity contribution < 1.29 is 0 Å². The summed E-state index contributed by atoms with van der Waals surface area (Å²) in [4.78, 5) is 6.41. The smallest absolute Gasteiger partial charge is 0.0300 e. The summed E-state index contributed by atoms with van der Waals surface area (Å²) in [5.41, 5.74) is 7.01. The van der Waals surface area contributed by atoms with E-state index in [1.54, 1.807) is 0 Å². The fourth-order valence-corrected chi connectivity index (χ4v) is 1.40. The summed E-state index contributed by atoms with van der Waals surface area (Å²) in [6.07, 6.45) is 5.86. The normalized spacial score (nSPS) is 13.1. The third-order valence-corrected chi connectivity index (χ3v) is 2.47. The molecule has 84 valence electrons. The summed E-state index contributed by atoms with van der Waals surface area (Å²) in [5.74, 6) is 0. The van der Waals surface area contributed by atoms with E-state index >= 15 is 0 Å². The molecule has 1 rings (SSSR count). The molecule has 0 saturated heterocycles. The lowest BCUT2D eigenvalue weighted by molar-refractivity contribution is 0.324. The zero-order chi connectivity index (χ0) is 11.1. The lowest BCUT2D eigenvalue weighted by atomic mass is 10.2. The highest BCUT2D eigenvalue weighted by atomic mass is 15.1. The maximum Gasteiger partial charge on any atom is 0.0300 e. The lowest BCUT2D eigenvalue weighted by Gasteiger charge is -2.17. The van der Waals surface area contributed by atoms with Gasteiger partial charge in [0.2, 0.25) is 0 Å². The molecule has 2 N–H and O–H groups in total. The van der Waals surface area contributed by atoms with Crippen molar-refractivity contribution in [3.63, 3.8) is 0 Å². The summed E-state index contributed by atoms with van der Waals surface area (Å²) in [7, 11) is 2.14. The van der Waals surface area contributed by atoms with Crippen LogP contribution in [0.4, 0.5) is 0 Å². The van der Waals surface area contributed by atoms with Gasteiger partial charge in [-0.2, -0.15) is 0 Å². The van der Waals surface area contributed by atoms with Gasteiger partial charge in [0.25, 0.3) is 0 Å². The zero-order valence-electron chi connectivity index (χ0n) is 9.69. The molecule has 0 amide bonds. The molecule has 0 aliphatic rings. The molecule has 0 radical (unpaired) electrons. The van der Waals surface area contributed by atoms with Gasteiger partial charge in [0.15, 0.2) is 0 Å². The molecular formula is C12H21N3. The predicted molar refractivity (Wildman–Crippen MR) is 63.7 cm³/mol. The van der Waals surface area contributed by atoms with E-state index in [1.807, 2.05) is 18.5 Å². The molecule has 0 spiro atoms. The quantitative estimate of drug-likeness (QED) is 0.764. The standard InChI is InChI=1S/C12H21N3/c1-11(13)5-8-15(2)9-6-12-4-3-7-14-10-12/h3-4,7,10-11H,5-6,8-9,13H2,1-2H3. The number of nitrogens with zero attached hydrogens (tertiary/aromatic N) is 2. The van der Waals surface area contributed by atoms with E-state index in [0.29, 0.717) is 6.04 Å². The average molecular weight is 207 g/mol. The fourth-order valence-electron chi connectivity index (χ4n) is 1.40. The van der Waals surface area contributed by atoms with Crippen LogP contribution in [0.1, 0.15) is 18.9 Å². The Morgan fingerprint density at radius 1 is 1.47 bits per heavy atom. The largest absolute Gasteiger partial charge is 0.328 e. The van der Waals surface area contributed by atoms with E-state index in [-0.39, 0.29) is 0 Å². The fraction of sp³-hybridized carbons (Fsp3) is 0.583. The Balaban J connectivity index is 2.19. The molecule has 0 aliphatic carbocycles. The molecule has 3 nitrogen and oxygen atoms in total. The molecule has 0 aliphatic heterocycles. The second-order valence-electron chi connectivity index (χ2n) is 4.18. The van der Waals surface area contributed by atoms with Crippen LogP contribution in [0, 0.1) is 0 Å². The van der Waals surface area contributed by atoms with Crippen molar-refractivity contribution in [3.8, 4) is 0 Å². The molecule has 1 unspecified atom stereocenters. The Morgan fingerprint density at radius 3 is 2.87 bits per heavy atom. The number of aromatic nitrogens is 1. The van der Waals surface area contributed by atoms with Crippen LogP contribution in [0.5, 0.6) is 0 Å². The number of pyridine rings is 1. The molecule has 1 atom stereocenters. The van der Waals surface area contributed by atoms with Crippen LogP contribution >= 0.6 is 0 Å². The van der Waals surface area contributed by atoms with Gasteiger partial charge in [-0.3, -0.25) is 4.98 Å². The highest BCUT2D eigenvalue weighted by molar-refractivity contribution is 5.08. The van der Waals surface area contributed by atoms with E-state index < -0.39 is 0 Å². The predicted octanol–water partition coefficient (Wildman–Crippen LogP) is 1.29. The molecule has 0 fully saturated rings. The average Bonchev–Trinajstić information content (AvgIpc) is 2.25. The SMILES string of the molecule is CC(N)CCN(C)CCc1cccnc1. The number of rotatable bonds is 6. The first-order valence-electron chi connectivity index (χ1n) is 5.51. The first kappa shape index (κ1) is 12.1. The number of hydrogen-bond acceptors (Lipinski definition) is 3. The van der Waals surface area contributed by atoms with Gasteiger partial charge in [0.1, 0.15) is 0 Å². The lowest BCUT2D eigenvalue weighted by Crippen LogP contribution is -2.27. The van der Waals surface area contributed by atoms with Crippen LogP contribution in [0.2, 0.25) is 0 Å². The topological polar surface area (TPSA) is 42.1 Å². The van der Waals surface area contributed by atoms with Crippen molar-refractivity contribution >= 4 is 0 Å². The third kappa shape index (κ3) is 5.50. The van der Waals surface area contributed by atoms with Gasteiger partial charge in [-0.25, -0.2) is 0 Å². The van der Waals surface area contributed by atoms with Crippen molar-refractivity contribution in [1.29, 1.82) is 0 Å². The van der Waals surface area contributed by atoms with Crippen LogP contribution in [0.3, 0.4) is 0 Å². The summed E-state index contributed by atoms with van der Waals surface area (Å²) in [5, 5.41) is 0. The minimum Gasteiger partial charge on any atom is -0.328 e. The van der Waals surface area contributed by atoms with Crippen molar-refractivity contribution in [3.05, 3.63) is 30.1 Å². The molecular weight excluding hydrogens is 186 g/mol. The van der Waals surface area contributed by atoms with Crippen LogP contribution in [0.15, 0.2) is 24.5 Å². The Kier molecular flexibility index (Phi) is 5.29. The maximum atomic E-state index is 5.71. The van der Waals surface area contributed by atoms with Gasteiger partial charge in [-0.1, -0.05) is 6.07 Å². The molecule has 1 heterocycles. The Hall–Kier alpha value is -0.930. The van der Waals surface area contributed by atoms with Crippen LogP contribution < -0.4 is 5.73 Å². The van der Waals surface area contributed by atoms with Gasteiger partial charge in [-0.05, 0) is 45.0 Å². The second-order valence-corrected chi connectivity index (χ2v) is 4.18. The third-order valence-electron chi connectivity index (χ3n) is 2.47. The molecule has 15 heavy (non-hydrogen) atoms.